The maximum Gasteiger partial charge on any atom is 0.531 e. The Labute approximate surface area is 105 Å². The summed E-state index contributed by atoms with van der Waals surface area (Å²) in [6, 6.07) is 0. The van der Waals surface area contributed by atoms with Crippen molar-refractivity contribution in [1.29, 1.82) is 0 Å². The maximum atomic E-state index is 5.72. The summed E-state index contributed by atoms with van der Waals surface area (Å²) >= 11 is 0. The predicted molar refractivity (Wildman–Crippen MR) is 73.1 cm³/mol. The number of rotatable bonds is 9. The highest BCUT2D eigenvalue weighted by Crippen LogP contribution is 2.19. The Kier molecular flexibility index (Phi) is 12.1. The molecule has 0 rings (SSSR count). The van der Waals surface area contributed by atoms with Crippen LogP contribution in [0.5, 0.6) is 0 Å². The molecule has 0 radical (unpaired) electrons. The third kappa shape index (κ3) is 5.07. The van der Waals surface area contributed by atoms with Gasteiger partial charge in [-0.3, -0.25) is 0 Å². The van der Waals surface area contributed by atoms with Gasteiger partial charge in [0.15, 0.2) is 0 Å². The molecule has 0 saturated heterocycles. The van der Waals surface area contributed by atoms with E-state index in [-0.39, 0.29) is 16.7 Å². The Morgan fingerprint density at radius 1 is 0.875 bits per heavy atom. The van der Waals surface area contributed by atoms with Crippen LogP contribution in [0.1, 0.15) is 34.1 Å². The van der Waals surface area contributed by atoms with E-state index < -0.39 is 8.80 Å². The molecule has 0 amide bonds. The van der Waals surface area contributed by atoms with Gasteiger partial charge in [-0.1, -0.05) is 6.92 Å². The fraction of sp³-hybridized carbons (Fsp3) is 1.00. The van der Waals surface area contributed by atoms with E-state index in [1.165, 1.54) is 0 Å². The third-order valence-corrected chi connectivity index (χ3v) is 5.59. The van der Waals surface area contributed by atoms with E-state index in [1.807, 2.05) is 27.7 Å². The van der Waals surface area contributed by atoms with Crippen LogP contribution in [-0.4, -0.2) is 52.4 Å². The first kappa shape index (κ1) is 18.6. The van der Waals surface area contributed by atoms with Crippen molar-refractivity contribution >= 4 is 19.8 Å². The van der Waals surface area contributed by atoms with Gasteiger partial charge in [0.2, 0.25) is 0 Å². The maximum absolute atomic E-state index is 5.72. The molecule has 0 aliphatic carbocycles. The minimum absolute atomic E-state index is 0. The molecule has 0 bridgehead atoms. The van der Waals surface area contributed by atoms with E-state index in [2.05, 4.69) is 0 Å². The van der Waals surface area contributed by atoms with E-state index in [9.17, 15) is 0 Å². The zero-order valence-electron chi connectivity index (χ0n) is 10.5. The van der Waals surface area contributed by atoms with Gasteiger partial charge in [-0.25, -0.2) is 0 Å². The second kappa shape index (κ2) is 10.4. The summed E-state index contributed by atoms with van der Waals surface area (Å²) in [4.78, 5) is 0. The Hall–Kier alpha value is 0.274. The quantitative estimate of drug-likeness (QED) is 0.572. The molecule has 0 aliphatic heterocycles. The molecule has 0 aromatic rings. The number of hydrogen-bond donors (Lipinski definition) is 0. The van der Waals surface area contributed by atoms with Crippen molar-refractivity contribution in [3.8, 4) is 0 Å². The SMILES string of the molecule is CCO[Si](OCC)(OCC)C(CC)OC.[SiH4]. The largest absolute Gasteiger partial charge is 0.531 e. The Bertz CT molecular complexity index is 137. The number of ether oxygens (including phenoxy) is 1. The lowest BCUT2D eigenvalue weighted by Gasteiger charge is -2.33. The zero-order chi connectivity index (χ0) is 11.7. The highest BCUT2D eigenvalue weighted by molar-refractivity contribution is 6.62. The van der Waals surface area contributed by atoms with Crippen LogP contribution in [-0.2, 0) is 18.0 Å². The topological polar surface area (TPSA) is 36.9 Å². The van der Waals surface area contributed by atoms with E-state index >= 15 is 0 Å². The van der Waals surface area contributed by atoms with Gasteiger partial charge in [0, 0.05) is 26.9 Å². The summed E-state index contributed by atoms with van der Waals surface area (Å²) in [6.07, 6.45) is 0.836. The van der Waals surface area contributed by atoms with Gasteiger partial charge in [0.25, 0.3) is 0 Å². The fourth-order valence-electron chi connectivity index (χ4n) is 1.57. The normalized spacial score (nSPS) is 13.3. The first-order valence-electron chi connectivity index (χ1n) is 5.65. The Balaban J connectivity index is 0. The molecule has 0 saturated carbocycles. The second-order valence-corrected chi connectivity index (χ2v) is 5.75. The number of methoxy groups -OCH3 is 1. The summed E-state index contributed by atoms with van der Waals surface area (Å²) in [7, 11) is -0.974. The third-order valence-electron chi connectivity index (χ3n) is 2.09. The smallest absolute Gasteiger partial charge is 0.377 e. The van der Waals surface area contributed by atoms with E-state index in [4.69, 9.17) is 18.0 Å². The van der Waals surface area contributed by atoms with Gasteiger partial charge < -0.3 is 18.0 Å². The molecule has 0 aliphatic rings. The fourth-order valence-corrected chi connectivity index (χ4v) is 4.37. The lowest BCUT2D eigenvalue weighted by Crippen LogP contribution is -2.57. The van der Waals surface area contributed by atoms with Gasteiger partial charge in [0.1, 0.15) is 5.73 Å². The summed E-state index contributed by atoms with van der Waals surface area (Å²) in [5, 5.41) is 0. The molecule has 0 N–H and O–H groups in total. The minimum atomic E-state index is -2.65. The molecular weight excluding hydrogens is 240 g/mol. The summed E-state index contributed by atoms with van der Waals surface area (Å²) in [5.74, 6) is 0. The first-order chi connectivity index (χ1) is 7.20. The van der Waals surface area contributed by atoms with E-state index in [0.717, 1.165) is 6.42 Å². The van der Waals surface area contributed by atoms with E-state index in [1.54, 1.807) is 7.11 Å². The average Bonchev–Trinajstić information content (AvgIpc) is 2.20. The zero-order valence-corrected chi connectivity index (χ0v) is 11.5. The molecule has 16 heavy (non-hydrogen) atoms. The van der Waals surface area contributed by atoms with Crippen LogP contribution in [0.4, 0.5) is 0 Å². The van der Waals surface area contributed by atoms with Gasteiger partial charge in [-0.2, -0.15) is 0 Å². The monoisotopic (exact) mass is 268 g/mol. The minimum Gasteiger partial charge on any atom is -0.377 e. The predicted octanol–water partition coefficient (Wildman–Crippen LogP) is 0.547. The number of hydrogen-bond acceptors (Lipinski definition) is 4. The van der Waals surface area contributed by atoms with Crippen molar-refractivity contribution in [2.75, 3.05) is 26.9 Å². The van der Waals surface area contributed by atoms with Crippen LogP contribution in [0.25, 0.3) is 0 Å². The van der Waals surface area contributed by atoms with Gasteiger partial charge in [0.05, 0.1) is 0 Å². The van der Waals surface area contributed by atoms with Crippen molar-refractivity contribution in [1.82, 2.24) is 0 Å². The highest BCUT2D eigenvalue weighted by Gasteiger charge is 2.49. The van der Waals surface area contributed by atoms with Crippen molar-refractivity contribution in [3.63, 3.8) is 0 Å². The van der Waals surface area contributed by atoms with Gasteiger partial charge in [-0.15, -0.1) is 0 Å². The lowest BCUT2D eigenvalue weighted by atomic mass is 10.5. The van der Waals surface area contributed by atoms with Crippen LogP contribution in [0.15, 0.2) is 0 Å². The molecule has 0 heterocycles. The van der Waals surface area contributed by atoms with Crippen LogP contribution >= 0.6 is 0 Å². The Morgan fingerprint density at radius 3 is 1.44 bits per heavy atom. The van der Waals surface area contributed by atoms with Crippen LogP contribution in [0, 0.1) is 0 Å². The highest BCUT2D eigenvalue weighted by atomic mass is 28.4. The molecule has 100 valence electrons. The van der Waals surface area contributed by atoms with Crippen molar-refractivity contribution in [2.24, 2.45) is 0 Å². The standard InChI is InChI=1S/C10H24O4Si.H4Si/c1-6-10(11-5)15(12-7-2,13-8-3)14-9-4;/h10H,6-9H2,1-5H3;1H4. The lowest BCUT2D eigenvalue weighted by molar-refractivity contribution is 0.00543. The van der Waals surface area contributed by atoms with Gasteiger partial charge in [-0.05, 0) is 38.2 Å². The molecular formula is C10H28O4Si2. The van der Waals surface area contributed by atoms with Crippen molar-refractivity contribution < 1.29 is 18.0 Å². The first-order valence-corrected chi connectivity index (χ1v) is 7.45. The van der Waals surface area contributed by atoms with Crippen LogP contribution < -0.4 is 0 Å². The summed E-state index contributed by atoms with van der Waals surface area (Å²) < 4.78 is 22.6. The molecule has 1 unspecified atom stereocenters. The van der Waals surface area contributed by atoms with Crippen LogP contribution in [0.2, 0.25) is 0 Å². The van der Waals surface area contributed by atoms with Crippen molar-refractivity contribution in [3.05, 3.63) is 0 Å². The molecule has 6 heteroatoms. The molecule has 0 aromatic heterocycles. The molecule has 0 fully saturated rings. The molecule has 0 aromatic carbocycles. The molecule has 4 nitrogen and oxygen atoms in total. The molecule has 0 spiro atoms. The Morgan fingerprint density at radius 2 is 1.25 bits per heavy atom. The average molecular weight is 269 g/mol. The summed E-state index contributed by atoms with van der Waals surface area (Å²) in [6.45, 7) is 9.66. The van der Waals surface area contributed by atoms with E-state index in [0.29, 0.717) is 19.8 Å². The second-order valence-electron chi connectivity index (χ2n) is 3.04. The molecule has 1 atom stereocenters. The van der Waals surface area contributed by atoms with Crippen molar-refractivity contribution in [2.45, 2.75) is 39.8 Å². The van der Waals surface area contributed by atoms with Crippen LogP contribution in [0.3, 0.4) is 0 Å². The van der Waals surface area contributed by atoms with Gasteiger partial charge >= 0.3 is 8.80 Å². The summed E-state index contributed by atoms with van der Waals surface area (Å²) in [5.41, 5.74) is -0.0719.